The molecule has 17 heavy (non-hydrogen) atoms. The second-order valence-corrected chi connectivity index (χ2v) is 4.25. The van der Waals surface area contributed by atoms with Gasteiger partial charge in [0.25, 0.3) is 0 Å². The minimum atomic E-state index is 0.920. The van der Waals surface area contributed by atoms with Gasteiger partial charge in [0.05, 0.1) is 0 Å². The van der Waals surface area contributed by atoms with E-state index < -0.39 is 0 Å². The van der Waals surface area contributed by atoms with Crippen LogP contribution in [0.4, 0.5) is 0 Å². The lowest BCUT2D eigenvalue weighted by atomic mass is 9.99. The molecule has 0 amide bonds. The summed E-state index contributed by atoms with van der Waals surface area (Å²) in [4.78, 5) is 0. The van der Waals surface area contributed by atoms with Gasteiger partial charge < -0.3 is 0 Å². The summed E-state index contributed by atoms with van der Waals surface area (Å²) in [7, 11) is 0. The summed E-state index contributed by atoms with van der Waals surface area (Å²) < 4.78 is 0. The van der Waals surface area contributed by atoms with E-state index in [4.69, 9.17) is 0 Å². The lowest BCUT2D eigenvalue weighted by molar-refractivity contribution is 1.29. The summed E-state index contributed by atoms with van der Waals surface area (Å²) in [5.41, 5.74) is 1.31. The van der Waals surface area contributed by atoms with E-state index in [1.54, 1.807) is 0 Å². The molecule has 3 aromatic carbocycles. The van der Waals surface area contributed by atoms with E-state index in [1.807, 2.05) is 6.08 Å². The molecule has 0 saturated carbocycles. The highest BCUT2D eigenvalue weighted by atomic mass is 14.0. The Labute approximate surface area is 101 Å². The first-order valence-corrected chi connectivity index (χ1v) is 5.81. The molecule has 0 aromatic heterocycles. The summed E-state index contributed by atoms with van der Waals surface area (Å²) >= 11 is 0. The summed E-state index contributed by atoms with van der Waals surface area (Å²) in [6.07, 6.45) is 2.86. The third kappa shape index (κ3) is 1.72. The Hall–Kier alpha value is -2.08. The van der Waals surface area contributed by atoms with Gasteiger partial charge in [-0.3, -0.25) is 0 Å². The topological polar surface area (TPSA) is 0 Å². The molecule has 0 bridgehead atoms. The highest BCUT2D eigenvalue weighted by molar-refractivity contribution is 6.07. The number of hydrogen-bond donors (Lipinski definition) is 0. The molecule has 0 nitrogen and oxygen atoms in total. The molecule has 0 fully saturated rings. The molecule has 0 saturated heterocycles. The average molecular weight is 217 g/mol. The fourth-order valence-corrected chi connectivity index (χ4v) is 2.26. The second-order valence-electron chi connectivity index (χ2n) is 4.25. The van der Waals surface area contributed by atoms with Crippen LogP contribution in [0.25, 0.3) is 21.5 Å². The van der Waals surface area contributed by atoms with Crippen molar-refractivity contribution in [2.75, 3.05) is 0 Å². The maximum atomic E-state index is 3.79. The van der Waals surface area contributed by atoms with E-state index in [2.05, 4.69) is 61.2 Å². The number of hydrogen-bond acceptors (Lipinski definition) is 0. The Bertz CT molecular complexity index is 693. The zero-order valence-electron chi connectivity index (χ0n) is 9.61. The molecule has 0 heteroatoms. The van der Waals surface area contributed by atoms with Crippen LogP contribution in [0.5, 0.6) is 0 Å². The Morgan fingerprint density at radius 2 is 1.94 bits per heavy atom. The zero-order chi connectivity index (χ0) is 11.7. The molecular weight excluding hydrogens is 204 g/mol. The van der Waals surface area contributed by atoms with Gasteiger partial charge in [0.2, 0.25) is 0 Å². The van der Waals surface area contributed by atoms with E-state index in [1.165, 1.54) is 27.1 Å². The predicted molar refractivity (Wildman–Crippen MR) is 74.2 cm³/mol. The minimum Gasteiger partial charge on any atom is -0.103 e. The molecule has 0 spiro atoms. The number of rotatable bonds is 2. The van der Waals surface area contributed by atoms with E-state index in [-0.39, 0.29) is 0 Å². The second kappa shape index (κ2) is 4.06. The van der Waals surface area contributed by atoms with Crippen LogP contribution in [0.15, 0.2) is 61.2 Å². The van der Waals surface area contributed by atoms with Crippen LogP contribution in [0.2, 0.25) is 0 Å². The first kappa shape index (κ1) is 10.1. The van der Waals surface area contributed by atoms with Crippen molar-refractivity contribution in [2.45, 2.75) is 6.42 Å². The summed E-state index contributed by atoms with van der Waals surface area (Å²) in [5, 5.41) is 5.00. The van der Waals surface area contributed by atoms with E-state index in [0.717, 1.165) is 6.42 Å². The van der Waals surface area contributed by atoms with Crippen LogP contribution < -0.4 is 0 Å². The summed E-state index contributed by atoms with van der Waals surface area (Å²) in [6.45, 7) is 3.79. The molecular formula is C17H13. The molecule has 0 aliphatic carbocycles. The zero-order valence-corrected chi connectivity index (χ0v) is 9.61. The van der Waals surface area contributed by atoms with Crippen LogP contribution in [-0.2, 0) is 6.42 Å². The minimum absolute atomic E-state index is 0.920. The van der Waals surface area contributed by atoms with Gasteiger partial charge in [0.15, 0.2) is 0 Å². The Morgan fingerprint density at radius 1 is 1.06 bits per heavy atom. The Morgan fingerprint density at radius 3 is 2.82 bits per heavy atom. The lowest BCUT2D eigenvalue weighted by Crippen LogP contribution is -1.83. The van der Waals surface area contributed by atoms with E-state index in [9.17, 15) is 0 Å². The predicted octanol–water partition coefficient (Wildman–Crippen LogP) is 4.52. The van der Waals surface area contributed by atoms with Crippen LogP contribution >= 0.6 is 0 Å². The first-order valence-electron chi connectivity index (χ1n) is 5.81. The van der Waals surface area contributed by atoms with Gasteiger partial charge in [0.1, 0.15) is 0 Å². The molecule has 0 heterocycles. The van der Waals surface area contributed by atoms with Gasteiger partial charge in [-0.1, -0.05) is 48.5 Å². The van der Waals surface area contributed by atoms with Gasteiger partial charge in [-0.15, -0.1) is 6.58 Å². The molecule has 0 aliphatic rings. The quantitative estimate of drug-likeness (QED) is 0.437. The Kier molecular flexibility index (Phi) is 2.41. The van der Waals surface area contributed by atoms with E-state index >= 15 is 0 Å². The average Bonchev–Trinajstić information content (AvgIpc) is 2.39. The molecule has 1 radical (unpaired) electrons. The fourth-order valence-electron chi connectivity index (χ4n) is 2.26. The summed E-state index contributed by atoms with van der Waals surface area (Å²) in [6, 6.07) is 20.4. The van der Waals surface area contributed by atoms with Crippen molar-refractivity contribution in [1.82, 2.24) is 0 Å². The van der Waals surface area contributed by atoms with Crippen molar-refractivity contribution in [3.05, 3.63) is 72.8 Å². The van der Waals surface area contributed by atoms with Crippen molar-refractivity contribution in [3.63, 3.8) is 0 Å². The van der Waals surface area contributed by atoms with Gasteiger partial charge >= 0.3 is 0 Å². The van der Waals surface area contributed by atoms with Crippen molar-refractivity contribution in [3.8, 4) is 0 Å². The maximum Gasteiger partial charge on any atom is -0.00926 e. The molecule has 0 atom stereocenters. The smallest absolute Gasteiger partial charge is 0.00926 e. The molecule has 3 rings (SSSR count). The van der Waals surface area contributed by atoms with Crippen LogP contribution in [0, 0.1) is 6.07 Å². The lowest BCUT2D eigenvalue weighted by Gasteiger charge is -2.05. The number of fused-ring (bicyclic) bond motifs is 3. The molecule has 81 valence electrons. The number of benzene rings is 3. The SMILES string of the molecule is C=CCc1ccc2c[c]c3ccccc3c2c1. The Balaban J connectivity index is 2.38. The maximum absolute atomic E-state index is 3.79. The monoisotopic (exact) mass is 217 g/mol. The molecule has 0 N–H and O–H groups in total. The van der Waals surface area contributed by atoms with Gasteiger partial charge in [0, 0.05) is 0 Å². The van der Waals surface area contributed by atoms with Crippen molar-refractivity contribution < 1.29 is 0 Å². The van der Waals surface area contributed by atoms with Crippen molar-refractivity contribution in [2.24, 2.45) is 0 Å². The number of allylic oxidation sites excluding steroid dienone is 1. The highest BCUT2D eigenvalue weighted by Crippen LogP contribution is 2.25. The van der Waals surface area contributed by atoms with Crippen LogP contribution in [0.1, 0.15) is 5.56 Å². The van der Waals surface area contributed by atoms with Crippen LogP contribution in [0.3, 0.4) is 0 Å². The standard InChI is InChI=1S/C17H13/c1-2-5-13-8-9-15-11-10-14-6-3-4-7-16(14)17(15)12-13/h2-4,6-9,11-12H,1,5H2. The van der Waals surface area contributed by atoms with Gasteiger partial charge in [-0.05, 0) is 45.7 Å². The highest BCUT2D eigenvalue weighted by Gasteiger charge is 2.00. The van der Waals surface area contributed by atoms with Gasteiger partial charge in [-0.25, -0.2) is 0 Å². The van der Waals surface area contributed by atoms with E-state index in [0.29, 0.717) is 0 Å². The van der Waals surface area contributed by atoms with Crippen molar-refractivity contribution in [1.29, 1.82) is 0 Å². The van der Waals surface area contributed by atoms with Gasteiger partial charge in [-0.2, -0.15) is 0 Å². The first-order chi connectivity index (χ1) is 8.38. The fraction of sp³-hybridized carbons (Fsp3) is 0.0588. The van der Waals surface area contributed by atoms with Crippen LogP contribution in [-0.4, -0.2) is 0 Å². The molecule has 0 unspecified atom stereocenters. The molecule has 3 aromatic rings. The normalized spacial score (nSPS) is 10.8. The largest absolute Gasteiger partial charge is 0.103 e. The third-order valence-corrected chi connectivity index (χ3v) is 3.10. The summed E-state index contributed by atoms with van der Waals surface area (Å²) in [5.74, 6) is 0. The third-order valence-electron chi connectivity index (χ3n) is 3.10. The molecule has 0 aliphatic heterocycles. The van der Waals surface area contributed by atoms with Crippen molar-refractivity contribution >= 4 is 21.5 Å².